The van der Waals surface area contributed by atoms with Crippen molar-refractivity contribution < 1.29 is 4.74 Å². The standard InChI is InChI=1S/C22H34N2O/c1-17-15-18(10-11-21(17)25-2)16-24-14-13-23-12-6-9-20(23)22(24)19-7-4-3-5-8-19/h10-11,15,19-20,22H,3-9,12-14,16H2,1-2H3. The average molecular weight is 343 g/mol. The Hall–Kier alpha value is -1.06. The second-order valence-electron chi connectivity index (χ2n) is 8.41. The Kier molecular flexibility index (Phi) is 5.33. The van der Waals surface area contributed by atoms with E-state index in [1.807, 2.05) is 0 Å². The van der Waals surface area contributed by atoms with Crippen LogP contribution in [0.2, 0.25) is 0 Å². The van der Waals surface area contributed by atoms with E-state index in [2.05, 4.69) is 34.9 Å². The zero-order valence-corrected chi connectivity index (χ0v) is 16.0. The highest BCUT2D eigenvalue weighted by atomic mass is 16.5. The van der Waals surface area contributed by atoms with Gasteiger partial charge in [0.05, 0.1) is 7.11 Å². The van der Waals surface area contributed by atoms with Crippen LogP contribution in [-0.4, -0.2) is 48.6 Å². The quantitative estimate of drug-likeness (QED) is 0.814. The van der Waals surface area contributed by atoms with Gasteiger partial charge < -0.3 is 4.74 Å². The summed E-state index contributed by atoms with van der Waals surface area (Å²) >= 11 is 0. The molecule has 4 rings (SSSR count). The van der Waals surface area contributed by atoms with Crippen LogP contribution in [0.3, 0.4) is 0 Å². The molecule has 1 aromatic carbocycles. The van der Waals surface area contributed by atoms with Gasteiger partial charge in [0.1, 0.15) is 5.75 Å². The van der Waals surface area contributed by atoms with E-state index in [1.54, 1.807) is 7.11 Å². The number of fused-ring (bicyclic) bond motifs is 1. The smallest absolute Gasteiger partial charge is 0.121 e. The Balaban J connectivity index is 1.54. The molecule has 3 aliphatic rings. The topological polar surface area (TPSA) is 15.7 Å². The van der Waals surface area contributed by atoms with Crippen LogP contribution in [0.4, 0.5) is 0 Å². The predicted molar refractivity (Wildman–Crippen MR) is 103 cm³/mol. The van der Waals surface area contributed by atoms with Crippen LogP contribution in [0.1, 0.15) is 56.1 Å². The first-order valence-corrected chi connectivity index (χ1v) is 10.4. The molecule has 3 heteroatoms. The third-order valence-electron chi connectivity index (χ3n) is 6.88. The Morgan fingerprint density at radius 2 is 1.84 bits per heavy atom. The summed E-state index contributed by atoms with van der Waals surface area (Å²) in [6.45, 7) is 7.11. The Morgan fingerprint density at radius 3 is 2.60 bits per heavy atom. The van der Waals surface area contributed by atoms with Crippen molar-refractivity contribution in [1.29, 1.82) is 0 Å². The van der Waals surface area contributed by atoms with Gasteiger partial charge in [-0.3, -0.25) is 9.80 Å². The molecule has 2 saturated heterocycles. The summed E-state index contributed by atoms with van der Waals surface area (Å²) in [5, 5.41) is 0. The first kappa shape index (κ1) is 17.4. The van der Waals surface area contributed by atoms with Crippen LogP contribution in [0.25, 0.3) is 0 Å². The highest BCUT2D eigenvalue weighted by molar-refractivity contribution is 5.36. The molecule has 2 heterocycles. The van der Waals surface area contributed by atoms with Crippen molar-refractivity contribution in [3.63, 3.8) is 0 Å². The van der Waals surface area contributed by atoms with Gasteiger partial charge in [-0.2, -0.15) is 0 Å². The van der Waals surface area contributed by atoms with Crippen LogP contribution in [0.15, 0.2) is 18.2 Å². The predicted octanol–water partition coefficient (Wildman–Crippen LogP) is 4.23. The van der Waals surface area contributed by atoms with Gasteiger partial charge in [-0.05, 0) is 62.3 Å². The van der Waals surface area contributed by atoms with Crippen LogP contribution in [0, 0.1) is 12.8 Å². The summed E-state index contributed by atoms with van der Waals surface area (Å²) in [5.41, 5.74) is 2.71. The van der Waals surface area contributed by atoms with Crippen LogP contribution in [0.5, 0.6) is 5.75 Å². The lowest BCUT2D eigenvalue weighted by atomic mass is 9.78. The number of aryl methyl sites for hydroxylation is 1. The summed E-state index contributed by atoms with van der Waals surface area (Å²) in [7, 11) is 1.76. The van der Waals surface area contributed by atoms with Crippen molar-refractivity contribution in [1.82, 2.24) is 9.80 Å². The van der Waals surface area contributed by atoms with E-state index in [9.17, 15) is 0 Å². The fraction of sp³-hybridized carbons (Fsp3) is 0.727. The third kappa shape index (κ3) is 3.59. The highest BCUT2D eigenvalue weighted by Crippen LogP contribution is 2.38. The van der Waals surface area contributed by atoms with Gasteiger partial charge in [-0.1, -0.05) is 31.4 Å². The minimum absolute atomic E-state index is 0.777. The van der Waals surface area contributed by atoms with Gasteiger partial charge in [-0.15, -0.1) is 0 Å². The first-order valence-electron chi connectivity index (χ1n) is 10.4. The molecule has 25 heavy (non-hydrogen) atoms. The van der Waals surface area contributed by atoms with Crippen molar-refractivity contribution in [3.8, 4) is 5.75 Å². The molecule has 0 aromatic heterocycles. The molecule has 2 atom stereocenters. The summed E-state index contributed by atoms with van der Waals surface area (Å²) in [6.07, 6.45) is 10.1. The maximum atomic E-state index is 5.44. The highest BCUT2D eigenvalue weighted by Gasteiger charge is 2.42. The number of hydrogen-bond donors (Lipinski definition) is 0. The molecular formula is C22H34N2O. The first-order chi connectivity index (χ1) is 12.3. The van der Waals surface area contributed by atoms with Crippen molar-refractivity contribution in [2.45, 2.75) is 70.5 Å². The molecule has 1 aliphatic carbocycles. The fourth-order valence-electron chi connectivity index (χ4n) is 5.71. The zero-order valence-electron chi connectivity index (χ0n) is 16.0. The number of nitrogens with zero attached hydrogens (tertiary/aromatic N) is 2. The summed E-state index contributed by atoms with van der Waals surface area (Å²) < 4.78 is 5.44. The number of ether oxygens (including phenoxy) is 1. The van der Waals surface area contributed by atoms with Gasteiger partial charge >= 0.3 is 0 Å². The van der Waals surface area contributed by atoms with E-state index < -0.39 is 0 Å². The van der Waals surface area contributed by atoms with E-state index in [1.165, 1.54) is 75.7 Å². The lowest BCUT2D eigenvalue weighted by Gasteiger charge is -2.49. The zero-order chi connectivity index (χ0) is 17.2. The Bertz CT molecular complexity index is 581. The van der Waals surface area contributed by atoms with Crippen molar-refractivity contribution in [3.05, 3.63) is 29.3 Å². The second kappa shape index (κ2) is 7.67. The van der Waals surface area contributed by atoms with Gasteiger partial charge in [0, 0.05) is 31.7 Å². The Labute approximate surface area is 153 Å². The summed E-state index contributed by atoms with van der Waals surface area (Å²) in [5.74, 6) is 1.92. The average Bonchev–Trinajstić information content (AvgIpc) is 3.11. The molecule has 3 nitrogen and oxygen atoms in total. The number of rotatable bonds is 4. The number of piperazine rings is 1. The minimum atomic E-state index is 0.777. The normalized spacial score (nSPS) is 28.9. The van der Waals surface area contributed by atoms with E-state index in [-0.39, 0.29) is 0 Å². The lowest BCUT2D eigenvalue weighted by molar-refractivity contribution is -0.00381. The molecular weight excluding hydrogens is 308 g/mol. The minimum Gasteiger partial charge on any atom is -0.496 e. The summed E-state index contributed by atoms with van der Waals surface area (Å²) in [4.78, 5) is 5.64. The van der Waals surface area contributed by atoms with E-state index in [4.69, 9.17) is 4.74 Å². The molecule has 1 aromatic rings. The fourth-order valence-corrected chi connectivity index (χ4v) is 5.71. The lowest BCUT2D eigenvalue weighted by Crippen LogP contribution is -2.59. The van der Waals surface area contributed by atoms with Gasteiger partial charge in [-0.25, -0.2) is 0 Å². The van der Waals surface area contributed by atoms with Crippen molar-refractivity contribution in [2.24, 2.45) is 5.92 Å². The van der Waals surface area contributed by atoms with Crippen LogP contribution in [-0.2, 0) is 6.54 Å². The van der Waals surface area contributed by atoms with Gasteiger partial charge in [0.25, 0.3) is 0 Å². The molecule has 138 valence electrons. The number of benzene rings is 1. The molecule has 0 bridgehead atoms. The van der Waals surface area contributed by atoms with E-state index >= 15 is 0 Å². The van der Waals surface area contributed by atoms with Crippen molar-refractivity contribution >= 4 is 0 Å². The molecule has 0 radical (unpaired) electrons. The van der Waals surface area contributed by atoms with Gasteiger partial charge in [0.2, 0.25) is 0 Å². The largest absolute Gasteiger partial charge is 0.496 e. The molecule has 2 aliphatic heterocycles. The van der Waals surface area contributed by atoms with Crippen LogP contribution >= 0.6 is 0 Å². The molecule has 0 spiro atoms. The monoisotopic (exact) mass is 342 g/mol. The molecule has 2 unspecified atom stereocenters. The number of methoxy groups -OCH3 is 1. The molecule has 1 saturated carbocycles. The Morgan fingerprint density at radius 1 is 1.00 bits per heavy atom. The maximum Gasteiger partial charge on any atom is 0.121 e. The maximum absolute atomic E-state index is 5.44. The third-order valence-corrected chi connectivity index (χ3v) is 6.88. The molecule has 0 amide bonds. The summed E-state index contributed by atoms with van der Waals surface area (Å²) in [6, 6.07) is 8.34. The number of hydrogen-bond acceptors (Lipinski definition) is 3. The van der Waals surface area contributed by atoms with E-state index in [0.29, 0.717) is 0 Å². The van der Waals surface area contributed by atoms with Gasteiger partial charge in [0.15, 0.2) is 0 Å². The second-order valence-corrected chi connectivity index (χ2v) is 8.41. The van der Waals surface area contributed by atoms with E-state index in [0.717, 1.165) is 30.3 Å². The molecule has 3 fully saturated rings. The van der Waals surface area contributed by atoms with Crippen molar-refractivity contribution in [2.75, 3.05) is 26.7 Å². The molecule has 0 N–H and O–H groups in total. The SMILES string of the molecule is COc1ccc(CN2CCN3CCCC3C2C2CCCCC2)cc1C. The van der Waals surface area contributed by atoms with Crippen LogP contribution < -0.4 is 4.74 Å².